The first-order chi connectivity index (χ1) is 8.72. The van der Waals surface area contributed by atoms with E-state index in [1.807, 2.05) is 0 Å². The van der Waals surface area contributed by atoms with Crippen molar-refractivity contribution in [1.82, 2.24) is 15.3 Å². The number of aromatic nitrogens is 2. The molecule has 3 rings (SSSR count). The van der Waals surface area contributed by atoms with Crippen molar-refractivity contribution < 1.29 is 5.11 Å². The van der Waals surface area contributed by atoms with Gasteiger partial charge >= 0.3 is 0 Å². The summed E-state index contributed by atoms with van der Waals surface area (Å²) in [5.74, 6) is 0.605. The number of nitrogens with zero attached hydrogens (tertiary/aromatic N) is 1. The maximum absolute atomic E-state index is 11.8. The fraction of sp³-hybridized carbons (Fsp3) is 0.167. The number of hydrogen-bond acceptors (Lipinski definition) is 5. The van der Waals surface area contributed by atoms with Crippen LogP contribution in [0.15, 0.2) is 29.1 Å². The molecular formula is C12H12N4O2. The molecule has 1 aromatic heterocycles. The number of aromatic amines is 1. The Hall–Kier alpha value is -2.34. The van der Waals surface area contributed by atoms with Crippen LogP contribution in [0.1, 0.15) is 11.3 Å². The first-order valence-corrected chi connectivity index (χ1v) is 5.61. The fourth-order valence-electron chi connectivity index (χ4n) is 1.92. The van der Waals surface area contributed by atoms with Gasteiger partial charge in [-0.1, -0.05) is 0 Å². The molecule has 0 bridgehead atoms. The second-order valence-electron chi connectivity index (χ2n) is 4.12. The smallest absolute Gasteiger partial charge is 0.257 e. The highest BCUT2D eigenvalue weighted by molar-refractivity contribution is 5.54. The van der Waals surface area contributed by atoms with Crippen molar-refractivity contribution in [2.45, 2.75) is 13.1 Å². The van der Waals surface area contributed by atoms with Crippen LogP contribution in [0, 0.1) is 0 Å². The molecule has 0 radical (unpaired) electrons. The summed E-state index contributed by atoms with van der Waals surface area (Å²) in [6.45, 7) is 1.18. The van der Waals surface area contributed by atoms with Crippen LogP contribution in [-0.4, -0.2) is 15.1 Å². The van der Waals surface area contributed by atoms with Crippen LogP contribution in [0.3, 0.4) is 0 Å². The van der Waals surface area contributed by atoms with Gasteiger partial charge in [0, 0.05) is 18.8 Å². The molecule has 4 N–H and O–H groups in total. The predicted molar refractivity (Wildman–Crippen MR) is 66.8 cm³/mol. The van der Waals surface area contributed by atoms with Gasteiger partial charge in [-0.25, -0.2) is 4.98 Å². The molecule has 18 heavy (non-hydrogen) atoms. The number of benzene rings is 1. The molecule has 0 atom stereocenters. The van der Waals surface area contributed by atoms with Crippen molar-refractivity contribution in [3.63, 3.8) is 0 Å². The highest BCUT2D eigenvalue weighted by Crippen LogP contribution is 2.17. The lowest BCUT2D eigenvalue weighted by atomic mass is 10.3. The van der Waals surface area contributed by atoms with E-state index in [9.17, 15) is 9.90 Å². The molecule has 1 aliphatic rings. The largest absolute Gasteiger partial charge is 0.508 e. The van der Waals surface area contributed by atoms with Gasteiger partial charge in [0.2, 0.25) is 5.95 Å². The van der Waals surface area contributed by atoms with E-state index in [1.165, 1.54) is 0 Å². The number of fused-ring (bicyclic) bond motifs is 1. The van der Waals surface area contributed by atoms with Gasteiger partial charge in [-0.3, -0.25) is 9.78 Å². The molecule has 0 amide bonds. The second kappa shape index (κ2) is 4.15. The maximum Gasteiger partial charge on any atom is 0.257 e. The van der Waals surface area contributed by atoms with Crippen LogP contribution >= 0.6 is 0 Å². The molecule has 0 unspecified atom stereocenters. The monoisotopic (exact) mass is 244 g/mol. The number of nitrogens with one attached hydrogen (secondary N) is 3. The minimum absolute atomic E-state index is 0.119. The van der Waals surface area contributed by atoms with Gasteiger partial charge in [-0.15, -0.1) is 0 Å². The molecule has 92 valence electrons. The Morgan fingerprint density at radius 3 is 2.78 bits per heavy atom. The predicted octanol–water partition coefficient (Wildman–Crippen LogP) is 0.822. The summed E-state index contributed by atoms with van der Waals surface area (Å²) in [5.41, 5.74) is 2.11. The van der Waals surface area contributed by atoms with E-state index in [4.69, 9.17) is 0 Å². The number of anilines is 2. The number of hydrogen-bond donors (Lipinski definition) is 4. The summed E-state index contributed by atoms with van der Waals surface area (Å²) in [6, 6.07) is 6.55. The summed E-state index contributed by atoms with van der Waals surface area (Å²) < 4.78 is 0. The lowest BCUT2D eigenvalue weighted by Gasteiger charge is -2.06. The SMILES string of the molecule is O=c1[nH]c(Nc2ccc(O)cc2)nc2c1CNC2. The molecule has 1 aliphatic heterocycles. The maximum atomic E-state index is 11.8. The van der Waals surface area contributed by atoms with Crippen LogP contribution in [-0.2, 0) is 13.1 Å². The van der Waals surface area contributed by atoms with E-state index >= 15 is 0 Å². The molecule has 0 fully saturated rings. The third-order valence-electron chi connectivity index (χ3n) is 2.83. The van der Waals surface area contributed by atoms with Crippen molar-refractivity contribution in [1.29, 1.82) is 0 Å². The molecule has 6 heteroatoms. The standard InChI is InChI=1S/C12H12N4O2/c17-8-3-1-7(2-4-8)14-12-15-10-6-13-5-9(10)11(18)16-12/h1-4,13,17H,5-6H2,(H2,14,15,16,18). The second-order valence-corrected chi connectivity index (χ2v) is 4.12. The normalized spacial score (nSPS) is 13.3. The zero-order chi connectivity index (χ0) is 12.5. The van der Waals surface area contributed by atoms with Crippen LogP contribution in [0.5, 0.6) is 5.75 Å². The zero-order valence-corrected chi connectivity index (χ0v) is 9.53. The topological polar surface area (TPSA) is 90.0 Å². The van der Waals surface area contributed by atoms with E-state index in [-0.39, 0.29) is 11.3 Å². The van der Waals surface area contributed by atoms with Gasteiger partial charge in [0.05, 0.1) is 11.3 Å². The summed E-state index contributed by atoms with van der Waals surface area (Å²) in [7, 11) is 0. The molecule has 1 aromatic carbocycles. The van der Waals surface area contributed by atoms with E-state index in [1.54, 1.807) is 24.3 Å². The minimum atomic E-state index is -0.119. The lowest BCUT2D eigenvalue weighted by molar-refractivity contribution is 0.475. The Kier molecular flexibility index (Phi) is 2.49. The van der Waals surface area contributed by atoms with E-state index < -0.39 is 0 Å². The third-order valence-corrected chi connectivity index (χ3v) is 2.83. The van der Waals surface area contributed by atoms with Gasteiger partial charge in [0.25, 0.3) is 5.56 Å². The van der Waals surface area contributed by atoms with E-state index in [0.717, 1.165) is 11.4 Å². The highest BCUT2D eigenvalue weighted by atomic mass is 16.3. The minimum Gasteiger partial charge on any atom is -0.508 e. The van der Waals surface area contributed by atoms with E-state index in [2.05, 4.69) is 20.6 Å². The Morgan fingerprint density at radius 2 is 2.00 bits per heavy atom. The van der Waals surface area contributed by atoms with Crippen LogP contribution in [0.4, 0.5) is 11.6 Å². The molecule has 0 aliphatic carbocycles. The number of phenols is 1. The van der Waals surface area contributed by atoms with E-state index in [0.29, 0.717) is 24.6 Å². The number of rotatable bonds is 2. The van der Waals surface area contributed by atoms with Gasteiger partial charge in [-0.05, 0) is 24.3 Å². The Morgan fingerprint density at radius 1 is 1.22 bits per heavy atom. The Bertz CT molecular complexity index is 634. The van der Waals surface area contributed by atoms with Crippen molar-refractivity contribution in [2.75, 3.05) is 5.32 Å². The van der Waals surface area contributed by atoms with Crippen molar-refractivity contribution in [3.8, 4) is 5.75 Å². The summed E-state index contributed by atoms with van der Waals surface area (Å²) in [4.78, 5) is 18.8. The number of phenolic OH excluding ortho intramolecular Hbond substituents is 1. The number of H-pyrrole nitrogens is 1. The first kappa shape index (κ1) is 10.8. The van der Waals surface area contributed by atoms with Gasteiger partial charge < -0.3 is 15.7 Å². The molecular weight excluding hydrogens is 232 g/mol. The Balaban J connectivity index is 1.92. The third kappa shape index (κ3) is 1.93. The van der Waals surface area contributed by atoms with Crippen LogP contribution in [0.25, 0.3) is 0 Å². The lowest BCUT2D eigenvalue weighted by Crippen LogP contribution is -2.16. The molecule has 0 spiro atoms. The molecule has 0 saturated carbocycles. The molecule has 2 aromatic rings. The fourth-order valence-corrected chi connectivity index (χ4v) is 1.92. The summed E-state index contributed by atoms with van der Waals surface area (Å²) in [5, 5.41) is 15.3. The number of aromatic hydroxyl groups is 1. The Labute approximate surface area is 103 Å². The average Bonchev–Trinajstić information content (AvgIpc) is 2.81. The van der Waals surface area contributed by atoms with Crippen molar-refractivity contribution in [3.05, 3.63) is 45.9 Å². The van der Waals surface area contributed by atoms with Crippen LogP contribution < -0.4 is 16.2 Å². The zero-order valence-electron chi connectivity index (χ0n) is 9.53. The molecule has 2 heterocycles. The van der Waals surface area contributed by atoms with Crippen LogP contribution in [0.2, 0.25) is 0 Å². The summed E-state index contributed by atoms with van der Waals surface area (Å²) >= 11 is 0. The van der Waals surface area contributed by atoms with Crippen molar-refractivity contribution >= 4 is 11.6 Å². The highest BCUT2D eigenvalue weighted by Gasteiger charge is 2.16. The van der Waals surface area contributed by atoms with Gasteiger partial charge in [-0.2, -0.15) is 0 Å². The molecule has 0 saturated heterocycles. The van der Waals surface area contributed by atoms with Gasteiger partial charge in [0.1, 0.15) is 5.75 Å². The quantitative estimate of drug-likeness (QED) is 0.587. The summed E-state index contributed by atoms with van der Waals surface area (Å²) in [6.07, 6.45) is 0. The van der Waals surface area contributed by atoms with Gasteiger partial charge in [0.15, 0.2) is 0 Å². The van der Waals surface area contributed by atoms with Crippen molar-refractivity contribution in [2.24, 2.45) is 0 Å². The molecule has 6 nitrogen and oxygen atoms in total. The average molecular weight is 244 g/mol. The first-order valence-electron chi connectivity index (χ1n) is 5.61.